The number of hydrogen-bond donors (Lipinski definition) is 5. The van der Waals surface area contributed by atoms with Crippen LogP contribution in [0.5, 0.6) is 5.75 Å². The standard InChI is InChI=1S/C44H55N5O13P2/c1-6-32-33-24-31(18-19-37(33)47-40-34(32)27-49-38(40)25-36-35(42(49)52)28-59-43(53)44(36,54)7-2)62-64(56,46-26-39(57-8-3)58-9-4)61-22-13-11-12-20-45-41(51)29-14-16-30(17-15-29)48-63(55,10-5)60-23-21-50/h5,14-19,24-25,39,50,54H,6-9,11-13,20-23,26-28H2,1-4H3,(H,45,51)(H,46,56)(H,48,55)/t44-,63?,64?/m0/s1. The van der Waals surface area contributed by atoms with Gasteiger partial charge in [0.1, 0.15) is 12.4 Å². The molecule has 2 aliphatic heterocycles. The first-order valence-corrected chi connectivity index (χ1v) is 24.5. The number of pyridine rings is 2. The lowest BCUT2D eigenvalue weighted by molar-refractivity contribution is -0.172. The number of esters is 1. The summed E-state index contributed by atoms with van der Waals surface area (Å²) in [5.74, 6) is -0.847. The van der Waals surface area contributed by atoms with Crippen molar-refractivity contribution in [3.8, 4) is 29.2 Å². The van der Waals surface area contributed by atoms with Gasteiger partial charge in [-0.1, -0.05) is 13.8 Å². The highest BCUT2D eigenvalue weighted by atomic mass is 31.2. The Bertz CT molecular complexity index is 2540. The molecule has 0 bridgehead atoms. The maximum Gasteiger partial charge on any atom is 0.458 e. The maximum absolute atomic E-state index is 14.4. The lowest BCUT2D eigenvalue weighted by Gasteiger charge is -2.31. The number of carbonyl (C=O) groups is 2. The molecule has 4 heterocycles. The highest BCUT2D eigenvalue weighted by molar-refractivity contribution is 7.65. The average molecular weight is 924 g/mol. The van der Waals surface area contributed by atoms with Gasteiger partial charge in [0.25, 0.3) is 11.5 Å². The highest BCUT2D eigenvalue weighted by Crippen LogP contribution is 2.47. The summed E-state index contributed by atoms with van der Waals surface area (Å²) >= 11 is 0. The van der Waals surface area contributed by atoms with Gasteiger partial charge in [0.2, 0.25) is 0 Å². The Morgan fingerprint density at radius 1 is 1.00 bits per heavy atom. The highest BCUT2D eigenvalue weighted by Gasteiger charge is 2.45. The van der Waals surface area contributed by atoms with Crippen molar-refractivity contribution in [1.29, 1.82) is 0 Å². The molecule has 3 atom stereocenters. The number of aliphatic hydroxyl groups is 2. The molecule has 1 amide bonds. The zero-order valence-corrected chi connectivity index (χ0v) is 38.1. The first-order chi connectivity index (χ1) is 30.7. The molecule has 0 saturated carbocycles. The van der Waals surface area contributed by atoms with Crippen molar-refractivity contribution >= 4 is 43.7 Å². The van der Waals surface area contributed by atoms with Crippen LogP contribution in [-0.2, 0) is 62.4 Å². The van der Waals surface area contributed by atoms with Crippen LogP contribution in [0.1, 0.15) is 86.0 Å². The molecule has 2 aromatic heterocycles. The van der Waals surface area contributed by atoms with Crippen LogP contribution < -0.4 is 25.6 Å². The van der Waals surface area contributed by atoms with E-state index in [9.17, 15) is 28.6 Å². The fourth-order valence-corrected chi connectivity index (χ4v) is 9.97. The summed E-state index contributed by atoms with van der Waals surface area (Å²) in [6.07, 6.45) is 6.94. The molecule has 64 heavy (non-hydrogen) atoms. The maximum atomic E-state index is 14.4. The van der Waals surface area contributed by atoms with Gasteiger partial charge in [-0.15, -0.1) is 6.42 Å². The molecule has 0 spiro atoms. The SMILES string of the molecule is C#CP(=O)(Nc1ccc(C(=O)NCCCCCOP(=O)(NCC(OCC)OCC)Oc2ccc3nc4c(c(CC)c3c2)Cn2c-4cc3c(c2=O)COC(=O)[C@]3(O)CC)cc1)OCCO. The number of fused-ring (bicyclic) bond motifs is 5. The Labute approximate surface area is 371 Å². The molecule has 20 heteroatoms. The van der Waals surface area contributed by atoms with Crippen molar-refractivity contribution in [1.82, 2.24) is 20.0 Å². The number of amides is 1. The molecule has 4 aromatic rings. The van der Waals surface area contributed by atoms with Crippen LogP contribution in [0, 0.1) is 12.1 Å². The number of aromatic nitrogens is 2. The topological polar surface area (TPSA) is 235 Å². The van der Waals surface area contributed by atoms with Crippen molar-refractivity contribution in [3.63, 3.8) is 0 Å². The summed E-state index contributed by atoms with van der Waals surface area (Å²) in [5.41, 5.74) is 4.41. The molecular formula is C44H55N5O13P2. The van der Waals surface area contributed by atoms with Crippen LogP contribution in [-0.4, -0.2) is 84.1 Å². The number of rotatable bonds is 24. The van der Waals surface area contributed by atoms with E-state index in [1.54, 1.807) is 60.0 Å². The Balaban J connectivity index is 1.12. The zero-order chi connectivity index (χ0) is 46.1. The van der Waals surface area contributed by atoms with Gasteiger partial charge in [0, 0.05) is 53.2 Å². The van der Waals surface area contributed by atoms with E-state index in [1.165, 1.54) is 0 Å². The van der Waals surface area contributed by atoms with Gasteiger partial charge in [-0.2, -0.15) is 0 Å². The fraction of sp³-hybridized carbons (Fsp3) is 0.455. The van der Waals surface area contributed by atoms with Gasteiger partial charge in [0.05, 0.1) is 55.4 Å². The van der Waals surface area contributed by atoms with E-state index in [4.69, 9.17) is 44.3 Å². The number of terminal acetylenes is 1. The molecule has 0 fully saturated rings. The Morgan fingerprint density at radius 3 is 2.42 bits per heavy atom. The van der Waals surface area contributed by atoms with Crippen molar-refractivity contribution in [2.75, 3.05) is 51.2 Å². The van der Waals surface area contributed by atoms with E-state index in [0.29, 0.717) is 73.6 Å². The fourth-order valence-electron chi connectivity index (χ4n) is 7.60. The van der Waals surface area contributed by atoms with Gasteiger partial charge < -0.3 is 48.4 Å². The Kier molecular flexibility index (Phi) is 16.2. The van der Waals surface area contributed by atoms with Gasteiger partial charge in [-0.05, 0) is 100 Å². The number of anilines is 1. The Morgan fingerprint density at radius 2 is 1.75 bits per heavy atom. The van der Waals surface area contributed by atoms with Crippen molar-refractivity contribution < 1.29 is 56.7 Å². The number of aryl methyl sites for hydroxylation is 1. The number of cyclic esters (lactones) is 1. The van der Waals surface area contributed by atoms with Gasteiger partial charge in [-0.3, -0.25) is 18.7 Å². The van der Waals surface area contributed by atoms with Crippen LogP contribution in [0.3, 0.4) is 0 Å². The third kappa shape index (κ3) is 10.8. The number of hydrogen-bond acceptors (Lipinski definition) is 14. The molecule has 2 aliphatic rings. The monoisotopic (exact) mass is 923 g/mol. The molecule has 0 saturated heterocycles. The second kappa shape index (κ2) is 21.4. The van der Waals surface area contributed by atoms with Gasteiger partial charge in [-0.25, -0.2) is 19.4 Å². The predicted molar refractivity (Wildman–Crippen MR) is 239 cm³/mol. The third-order valence-corrected chi connectivity index (χ3v) is 13.8. The van der Waals surface area contributed by atoms with Crippen molar-refractivity contribution in [2.24, 2.45) is 0 Å². The van der Waals surface area contributed by atoms with Crippen molar-refractivity contribution in [2.45, 2.75) is 84.8 Å². The van der Waals surface area contributed by atoms with E-state index >= 15 is 0 Å². The average Bonchev–Trinajstić information content (AvgIpc) is 3.66. The van der Waals surface area contributed by atoms with Gasteiger partial charge >= 0.3 is 21.2 Å². The van der Waals surface area contributed by atoms with E-state index in [2.05, 4.69) is 21.2 Å². The first kappa shape index (κ1) is 48.5. The number of ether oxygens (including phenoxy) is 3. The molecule has 0 radical (unpaired) electrons. The molecule has 2 unspecified atom stereocenters. The van der Waals surface area contributed by atoms with Crippen molar-refractivity contribution in [3.05, 3.63) is 86.7 Å². The van der Waals surface area contributed by atoms with Crippen LogP contribution >= 0.6 is 15.3 Å². The summed E-state index contributed by atoms with van der Waals surface area (Å²) in [4.78, 5) is 44.2. The number of nitrogens with zero attached hydrogens (tertiary/aromatic N) is 2. The zero-order valence-electron chi connectivity index (χ0n) is 36.3. The van der Waals surface area contributed by atoms with Crippen LogP contribution in [0.2, 0.25) is 0 Å². The smallest absolute Gasteiger partial charge is 0.458 e. The van der Waals surface area contributed by atoms with E-state index < -0.39 is 33.1 Å². The molecule has 0 aliphatic carbocycles. The van der Waals surface area contributed by atoms with E-state index in [-0.39, 0.29) is 74.3 Å². The minimum atomic E-state index is -4.05. The van der Waals surface area contributed by atoms with E-state index in [1.807, 2.05) is 20.8 Å². The summed E-state index contributed by atoms with van der Waals surface area (Å²) in [7, 11) is -7.69. The molecule has 344 valence electrons. The normalized spacial score (nSPS) is 17.1. The molecule has 18 nitrogen and oxygen atoms in total. The molecule has 2 aromatic carbocycles. The van der Waals surface area contributed by atoms with Gasteiger partial charge in [0.15, 0.2) is 11.9 Å². The quantitative estimate of drug-likeness (QED) is 0.0158. The summed E-state index contributed by atoms with van der Waals surface area (Å²) in [6, 6.07) is 13.0. The molecule has 5 N–H and O–H groups in total. The number of nitrogens with one attached hydrogen (secondary N) is 3. The number of unbranched alkanes of at least 4 members (excludes halogenated alkanes) is 2. The molecule has 6 rings (SSSR count). The minimum absolute atomic E-state index is 0.00633. The van der Waals surface area contributed by atoms with E-state index in [0.717, 1.165) is 16.5 Å². The first-order valence-electron chi connectivity index (χ1n) is 21.3. The second-order valence-electron chi connectivity index (χ2n) is 14.9. The third-order valence-electron chi connectivity index (χ3n) is 10.8. The van der Waals surface area contributed by atoms with Crippen LogP contribution in [0.25, 0.3) is 22.3 Å². The number of carbonyl (C=O) groups excluding carboxylic acids is 2. The Hall–Kier alpha value is -4.92. The summed E-state index contributed by atoms with van der Waals surface area (Å²) in [5, 5.41) is 29.4. The summed E-state index contributed by atoms with van der Waals surface area (Å²) < 4.78 is 62.3. The second-order valence-corrected chi connectivity index (χ2v) is 18.5. The summed E-state index contributed by atoms with van der Waals surface area (Å²) in [6.45, 7) is 7.91. The molecular weight excluding hydrogens is 868 g/mol. The lowest BCUT2D eigenvalue weighted by atomic mass is 9.86. The number of aliphatic hydroxyl groups excluding tert-OH is 1. The predicted octanol–water partition coefficient (Wildman–Crippen LogP) is 5.94. The van der Waals surface area contributed by atoms with Crippen LogP contribution in [0.4, 0.5) is 5.69 Å². The number of benzene rings is 2. The minimum Gasteiger partial charge on any atom is -0.458 e. The largest absolute Gasteiger partial charge is 0.458 e. The lowest BCUT2D eigenvalue weighted by Crippen LogP contribution is -2.44. The van der Waals surface area contributed by atoms with Crippen LogP contribution in [0.15, 0.2) is 53.3 Å².